The van der Waals surface area contributed by atoms with Crippen LogP contribution in [0.5, 0.6) is 11.6 Å². The van der Waals surface area contributed by atoms with Crippen molar-refractivity contribution in [3.63, 3.8) is 0 Å². The number of hydrogen-bond donors (Lipinski definition) is 0. The third-order valence-corrected chi connectivity index (χ3v) is 3.28. The van der Waals surface area contributed by atoms with Crippen molar-refractivity contribution in [2.45, 2.75) is 20.3 Å². The van der Waals surface area contributed by atoms with Gasteiger partial charge in [0.2, 0.25) is 5.88 Å². The summed E-state index contributed by atoms with van der Waals surface area (Å²) in [6.45, 7) is 4.00. The number of esters is 1. The summed E-state index contributed by atoms with van der Waals surface area (Å²) in [6, 6.07) is 8.59. The third kappa shape index (κ3) is 4.61. The minimum Gasteiger partial charge on any atom is -0.466 e. The fraction of sp³-hybridized carbons (Fsp3) is 0.250. The van der Waals surface area contributed by atoms with Crippen LogP contribution in [0.15, 0.2) is 30.3 Å². The lowest BCUT2D eigenvalue weighted by Gasteiger charge is -2.10. The summed E-state index contributed by atoms with van der Waals surface area (Å²) in [5.41, 5.74) is 1.67. The van der Waals surface area contributed by atoms with Crippen LogP contribution in [0.4, 0.5) is 0 Å². The van der Waals surface area contributed by atoms with Gasteiger partial charge in [0.05, 0.1) is 18.1 Å². The Kier molecular flexibility index (Phi) is 5.63. The highest BCUT2D eigenvalue weighted by atomic mass is 35.5. The molecule has 0 aliphatic rings. The zero-order chi connectivity index (χ0) is 16.1. The van der Waals surface area contributed by atoms with Crippen LogP contribution in [0, 0.1) is 6.92 Å². The number of hydrogen-bond acceptors (Lipinski definition) is 4. The molecule has 0 radical (unpaired) electrons. The van der Waals surface area contributed by atoms with Crippen LogP contribution in [-0.4, -0.2) is 17.6 Å². The van der Waals surface area contributed by atoms with Crippen LogP contribution >= 0.6 is 23.2 Å². The Morgan fingerprint density at radius 1 is 1.23 bits per heavy atom. The molecule has 2 rings (SSSR count). The molecule has 0 spiro atoms. The first-order chi connectivity index (χ1) is 10.5. The Bertz CT molecular complexity index is 669. The minimum absolute atomic E-state index is 0.156. The van der Waals surface area contributed by atoms with E-state index in [1.165, 1.54) is 0 Å². The second-order valence-corrected chi connectivity index (χ2v) is 5.45. The average Bonchev–Trinajstić information content (AvgIpc) is 2.41. The summed E-state index contributed by atoms with van der Waals surface area (Å²) in [5.74, 6) is 0.463. The predicted octanol–water partition coefficient (Wildman–Crippen LogP) is 4.59. The highest BCUT2D eigenvalue weighted by Crippen LogP contribution is 2.30. The Morgan fingerprint density at radius 3 is 2.68 bits per heavy atom. The number of aromatic nitrogens is 1. The van der Waals surface area contributed by atoms with Crippen LogP contribution in [0.2, 0.25) is 10.2 Å². The molecule has 2 aromatic rings. The summed E-state index contributed by atoms with van der Waals surface area (Å²) >= 11 is 12.0. The number of halogens is 2. The topological polar surface area (TPSA) is 48.4 Å². The van der Waals surface area contributed by atoms with Gasteiger partial charge in [0.1, 0.15) is 10.9 Å². The van der Waals surface area contributed by atoms with Crippen LogP contribution in [0.1, 0.15) is 18.1 Å². The van der Waals surface area contributed by atoms with Gasteiger partial charge in [0.15, 0.2) is 0 Å². The van der Waals surface area contributed by atoms with Gasteiger partial charge in [-0.15, -0.1) is 0 Å². The quantitative estimate of drug-likeness (QED) is 0.590. The summed E-state index contributed by atoms with van der Waals surface area (Å²) in [6.07, 6.45) is 0.156. The molecule has 0 unspecified atom stereocenters. The first kappa shape index (κ1) is 16.6. The highest BCUT2D eigenvalue weighted by molar-refractivity contribution is 6.32. The maximum absolute atomic E-state index is 11.5. The van der Waals surface area contributed by atoms with E-state index in [9.17, 15) is 4.79 Å². The van der Waals surface area contributed by atoms with Gasteiger partial charge in [-0.05, 0) is 43.2 Å². The average molecular weight is 340 g/mol. The highest BCUT2D eigenvalue weighted by Gasteiger charge is 2.10. The predicted molar refractivity (Wildman–Crippen MR) is 85.8 cm³/mol. The van der Waals surface area contributed by atoms with Crippen LogP contribution in [0.3, 0.4) is 0 Å². The fourth-order valence-electron chi connectivity index (χ4n) is 1.87. The van der Waals surface area contributed by atoms with Crippen molar-refractivity contribution in [1.82, 2.24) is 4.98 Å². The maximum atomic E-state index is 11.5. The summed E-state index contributed by atoms with van der Waals surface area (Å²) < 4.78 is 10.6. The molecule has 0 saturated heterocycles. The second kappa shape index (κ2) is 7.47. The zero-order valence-corrected chi connectivity index (χ0v) is 13.7. The molecule has 116 valence electrons. The van der Waals surface area contributed by atoms with E-state index in [1.807, 2.05) is 6.92 Å². The lowest BCUT2D eigenvalue weighted by atomic mass is 10.1. The third-order valence-electron chi connectivity index (χ3n) is 2.78. The molecule has 22 heavy (non-hydrogen) atoms. The van der Waals surface area contributed by atoms with Crippen molar-refractivity contribution in [3.8, 4) is 11.6 Å². The normalized spacial score (nSPS) is 10.4. The molecule has 0 aliphatic carbocycles. The van der Waals surface area contributed by atoms with Crippen LogP contribution < -0.4 is 4.74 Å². The monoisotopic (exact) mass is 339 g/mol. The summed E-state index contributed by atoms with van der Waals surface area (Å²) in [4.78, 5) is 15.6. The molecule has 1 heterocycles. The largest absolute Gasteiger partial charge is 0.466 e. The van der Waals surface area contributed by atoms with E-state index in [0.717, 1.165) is 11.1 Å². The standard InChI is InChI=1S/C16H15Cl2NO3/c1-3-21-16(20)9-11-4-5-12(17)13(8-11)22-15-7-10(2)6-14(18)19-15/h4-8H,3,9H2,1-2H3. The summed E-state index contributed by atoms with van der Waals surface area (Å²) in [5, 5.41) is 0.765. The number of benzene rings is 1. The van der Waals surface area contributed by atoms with E-state index in [2.05, 4.69) is 4.98 Å². The molecule has 0 atom stereocenters. The van der Waals surface area contributed by atoms with Crippen molar-refractivity contribution in [1.29, 1.82) is 0 Å². The number of carbonyl (C=O) groups excluding carboxylic acids is 1. The van der Waals surface area contributed by atoms with Gasteiger partial charge in [-0.1, -0.05) is 29.3 Å². The maximum Gasteiger partial charge on any atom is 0.310 e. The fourth-order valence-corrected chi connectivity index (χ4v) is 2.29. The van der Waals surface area contributed by atoms with Crippen LogP contribution in [0.25, 0.3) is 0 Å². The van der Waals surface area contributed by atoms with E-state index in [1.54, 1.807) is 37.3 Å². The molecule has 0 saturated carbocycles. The zero-order valence-electron chi connectivity index (χ0n) is 12.2. The lowest BCUT2D eigenvalue weighted by Crippen LogP contribution is -2.07. The van der Waals surface area contributed by atoms with E-state index in [4.69, 9.17) is 32.7 Å². The van der Waals surface area contributed by atoms with Gasteiger partial charge < -0.3 is 9.47 Å². The van der Waals surface area contributed by atoms with Crippen LogP contribution in [-0.2, 0) is 16.0 Å². The lowest BCUT2D eigenvalue weighted by molar-refractivity contribution is -0.142. The Balaban J connectivity index is 2.21. The first-order valence-electron chi connectivity index (χ1n) is 6.74. The van der Waals surface area contributed by atoms with Crippen molar-refractivity contribution in [2.24, 2.45) is 0 Å². The van der Waals surface area contributed by atoms with Gasteiger partial charge in [-0.3, -0.25) is 4.79 Å². The molecule has 0 aliphatic heterocycles. The van der Waals surface area contributed by atoms with Gasteiger partial charge in [-0.2, -0.15) is 0 Å². The molecular formula is C16H15Cl2NO3. The van der Waals surface area contributed by atoms with E-state index in [0.29, 0.717) is 28.4 Å². The SMILES string of the molecule is CCOC(=O)Cc1ccc(Cl)c(Oc2cc(C)cc(Cl)n2)c1. The molecular weight excluding hydrogens is 325 g/mol. The van der Waals surface area contributed by atoms with Crippen molar-refractivity contribution < 1.29 is 14.3 Å². The summed E-state index contributed by atoms with van der Waals surface area (Å²) in [7, 11) is 0. The minimum atomic E-state index is -0.299. The molecule has 0 N–H and O–H groups in total. The van der Waals surface area contributed by atoms with Crippen molar-refractivity contribution in [3.05, 3.63) is 51.6 Å². The first-order valence-corrected chi connectivity index (χ1v) is 7.49. The van der Waals surface area contributed by atoms with Gasteiger partial charge in [0.25, 0.3) is 0 Å². The molecule has 0 bridgehead atoms. The number of aryl methyl sites for hydroxylation is 1. The van der Waals surface area contributed by atoms with Gasteiger partial charge >= 0.3 is 5.97 Å². The molecule has 0 amide bonds. The number of pyridine rings is 1. The van der Waals surface area contributed by atoms with E-state index >= 15 is 0 Å². The molecule has 6 heteroatoms. The number of rotatable bonds is 5. The Hall–Kier alpha value is -1.78. The Morgan fingerprint density at radius 2 is 2.00 bits per heavy atom. The molecule has 4 nitrogen and oxygen atoms in total. The Labute approximate surface area is 139 Å². The second-order valence-electron chi connectivity index (χ2n) is 4.65. The van der Waals surface area contributed by atoms with Crippen molar-refractivity contribution >= 4 is 29.2 Å². The van der Waals surface area contributed by atoms with E-state index in [-0.39, 0.29) is 12.4 Å². The smallest absolute Gasteiger partial charge is 0.310 e. The van der Waals surface area contributed by atoms with Gasteiger partial charge in [-0.25, -0.2) is 4.98 Å². The van der Waals surface area contributed by atoms with E-state index < -0.39 is 0 Å². The van der Waals surface area contributed by atoms with Crippen molar-refractivity contribution in [2.75, 3.05) is 6.61 Å². The van der Waals surface area contributed by atoms with Gasteiger partial charge in [0, 0.05) is 6.07 Å². The number of carbonyl (C=O) groups is 1. The number of nitrogens with zero attached hydrogens (tertiary/aromatic N) is 1. The number of ether oxygens (including phenoxy) is 2. The molecule has 1 aromatic carbocycles. The molecule has 1 aromatic heterocycles. The molecule has 0 fully saturated rings.